The molecule has 0 atom stereocenters. The molecule has 184 valence electrons. The van der Waals surface area contributed by atoms with Crippen molar-refractivity contribution in [3.63, 3.8) is 0 Å². The lowest BCUT2D eigenvalue weighted by molar-refractivity contribution is -0.169. The smallest absolute Gasteiger partial charge is 0.322 e. The van der Waals surface area contributed by atoms with Crippen molar-refractivity contribution in [2.45, 2.75) is 143 Å². The van der Waals surface area contributed by atoms with Crippen LogP contribution in [-0.2, 0) is 19.1 Å². The molecule has 0 spiro atoms. The van der Waals surface area contributed by atoms with E-state index in [1.165, 1.54) is 89.9 Å². The molecular weight excluding hydrogens is 388 g/mol. The van der Waals surface area contributed by atoms with E-state index in [0.717, 1.165) is 25.7 Å². The molecule has 0 aromatic rings. The molecule has 31 heavy (non-hydrogen) atoms. The fraction of sp³-hybridized carbons (Fsp3) is 0.926. The van der Waals surface area contributed by atoms with E-state index in [4.69, 9.17) is 9.47 Å². The summed E-state index contributed by atoms with van der Waals surface area (Å²) in [6.45, 7) is 8.41. The Morgan fingerprint density at radius 2 is 0.742 bits per heavy atom. The van der Waals surface area contributed by atoms with Gasteiger partial charge in [0.2, 0.25) is 0 Å². The lowest BCUT2D eigenvalue weighted by Gasteiger charge is -2.20. The second kappa shape index (κ2) is 20.8. The Balaban J connectivity index is 3.60. The van der Waals surface area contributed by atoms with Crippen molar-refractivity contribution in [3.05, 3.63) is 0 Å². The number of carbonyl (C=O) groups is 2. The molecule has 0 unspecified atom stereocenters. The molecule has 0 aliphatic heterocycles. The van der Waals surface area contributed by atoms with Crippen LogP contribution in [0.2, 0.25) is 0 Å². The zero-order chi connectivity index (χ0) is 23.2. The van der Waals surface area contributed by atoms with Gasteiger partial charge in [0.05, 0.1) is 13.2 Å². The van der Waals surface area contributed by atoms with Gasteiger partial charge in [-0.2, -0.15) is 0 Å². The van der Waals surface area contributed by atoms with Gasteiger partial charge in [-0.3, -0.25) is 9.59 Å². The Morgan fingerprint density at radius 3 is 1.03 bits per heavy atom. The van der Waals surface area contributed by atoms with Crippen LogP contribution in [0.15, 0.2) is 0 Å². The van der Waals surface area contributed by atoms with Gasteiger partial charge in [-0.15, -0.1) is 0 Å². The topological polar surface area (TPSA) is 52.6 Å². The van der Waals surface area contributed by atoms with E-state index >= 15 is 0 Å². The zero-order valence-corrected chi connectivity index (χ0v) is 21.3. The van der Waals surface area contributed by atoms with Crippen LogP contribution in [0.4, 0.5) is 0 Å². The third-order valence-electron chi connectivity index (χ3n) is 5.98. The SMILES string of the molecule is CCCCCCCCCCCCCCCOC(=O)C(C)(C)C(=O)OCCCCCCC. The van der Waals surface area contributed by atoms with Gasteiger partial charge < -0.3 is 9.47 Å². The molecule has 0 saturated heterocycles. The summed E-state index contributed by atoms with van der Waals surface area (Å²) in [6.07, 6.45) is 22.2. The van der Waals surface area contributed by atoms with E-state index in [-0.39, 0.29) is 0 Å². The molecular formula is C27H52O4. The quantitative estimate of drug-likeness (QED) is 0.0967. The highest BCUT2D eigenvalue weighted by Gasteiger charge is 2.39. The molecule has 4 heteroatoms. The van der Waals surface area contributed by atoms with Crippen molar-refractivity contribution in [2.24, 2.45) is 5.41 Å². The Hall–Kier alpha value is -1.06. The molecule has 4 nitrogen and oxygen atoms in total. The largest absolute Gasteiger partial charge is 0.465 e. The Bertz CT molecular complexity index is 431. The van der Waals surface area contributed by atoms with Gasteiger partial charge in [-0.05, 0) is 26.7 Å². The number of carbonyl (C=O) groups excluding carboxylic acids is 2. The Kier molecular flexibility index (Phi) is 20.1. The molecule has 0 rings (SSSR count). The van der Waals surface area contributed by atoms with Crippen LogP contribution in [0.5, 0.6) is 0 Å². The third-order valence-corrected chi connectivity index (χ3v) is 5.98. The summed E-state index contributed by atoms with van der Waals surface area (Å²) in [7, 11) is 0. The zero-order valence-electron chi connectivity index (χ0n) is 21.3. The highest BCUT2D eigenvalue weighted by Crippen LogP contribution is 2.20. The number of hydrogen-bond acceptors (Lipinski definition) is 4. The van der Waals surface area contributed by atoms with Gasteiger partial charge in [0.15, 0.2) is 5.41 Å². The molecule has 0 amide bonds. The average Bonchev–Trinajstić information content (AvgIpc) is 2.75. The minimum absolute atomic E-state index is 0.387. The summed E-state index contributed by atoms with van der Waals surface area (Å²) in [5.41, 5.74) is -1.22. The molecule has 0 N–H and O–H groups in total. The summed E-state index contributed by atoms with van der Waals surface area (Å²) in [5, 5.41) is 0. The second-order valence-electron chi connectivity index (χ2n) is 9.55. The Morgan fingerprint density at radius 1 is 0.484 bits per heavy atom. The van der Waals surface area contributed by atoms with E-state index in [1.54, 1.807) is 13.8 Å². The monoisotopic (exact) mass is 440 g/mol. The Labute approximate surface area is 193 Å². The van der Waals surface area contributed by atoms with Crippen molar-refractivity contribution in [1.82, 2.24) is 0 Å². The molecule has 0 radical (unpaired) electrons. The first-order valence-electron chi connectivity index (χ1n) is 13.3. The molecule has 0 aliphatic carbocycles. The summed E-state index contributed by atoms with van der Waals surface area (Å²) in [5.74, 6) is -0.944. The van der Waals surface area contributed by atoms with Crippen LogP contribution >= 0.6 is 0 Å². The van der Waals surface area contributed by atoms with Crippen LogP contribution in [0.1, 0.15) is 143 Å². The third kappa shape index (κ3) is 17.2. The maximum Gasteiger partial charge on any atom is 0.322 e. The first-order valence-corrected chi connectivity index (χ1v) is 13.3. The highest BCUT2D eigenvalue weighted by molar-refractivity contribution is 5.99. The maximum atomic E-state index is 12.3. The first-order chi connectivity index (χ1) is 15.0. The van der Waals surface area contributed by atoms with Crippen molar-refractivity contribution in [1.29, 1.82) is 0 Å². The molecule has 0 saturated carbocycles. The number of ether oxygens (including phenoxy) is 2. The number of rotatable bonds is 22. The highest BCUT2D eigenvalue weighted by atomic mass is 16.6. The van der Waals surface area contributed by atoms with Crippen LogP contribution in [0.25, 0.3) is 0 Å². The standard InChI is InChI=1S/C27H52O4/c1-5-7-9-11-12-13-14-15-16-17-18-20-22-24-31-26(29)27(3,4)25(28)30-23-21-19-10-8-6-2/h5-24H2,1-4H3. The molecule has 0 fully saturated rings. The van der Waals surface area contributed by atoms with Crippen LogP contribution < -0.4 is 0 Å². The van der Waals surface area contributed by atoms with Crippen molar-refractivity contribution in [2.75, 3.05) is 13.2 Å². The summed E-state index contributed by atoms with van der Waals surface area (Å²) >= 11 is 0. The summed E-state index contributed by atoms with van der Waals surface area (Å²) < 4.78 is 10.6. The number of esters is 2. The minimum Gasteiger partial charge on any atom is -0.465 e. The lowest BCUT2D eigenvalue weighted by Crippen LogP contribution is -2.37. The second-order valence-corrected chi connectivity index (χ2v) is 9.55. The van der Waals surface area contributed by atoms with Gasteiger partial charge in [0, 0.05) is 0 Å². The summed E-state index contributed by atoms with van der Waals surface area (Å²) in [4.78, 5) is 24.5. The van der Waals surface area contributed by atoms with Crippen molar-refractivity contribution in [3.8, 4) is 0 Å². The van der Waals surface area contributed by atoms with E-state index in [2.05, 4.69) is 13.8 Å². The molecule has 0 aliphatic rings. The minimum atomic E-state index is -1.22. The molecule has 0 aromatic heterocycles. The van der Waals surface area contributed by atoms with Crippen LogP contribution in [-0.4, -0.2) is 25.2 Å². The van der Waals surface area contributed by atoms with E-state index in [9.17, 15) is 9.59 Å². The average molecular weight is 441 g/mol. The van der Waals surface area contributed by atoms with Crippen molar-refractivity contribution < 1.29 is 19.1 Å². The first kappa shape index (κ1) is 29.9. The molecule has 0 aromatic carbocycles. The van der Waals surface area contributed by atoms with Gasteiger partial charge in [0.25, 0.3) is 0 Å². The number of unbranched alkanes of at least 4 members (excludes halogenated alkanes) is 16. The van der Waals surface area contributed by atoms with Crippen LogP contribution in [0.3, 0.4) is 0 Å². The summed E-state index contributed by atoms with van der Waals surface area (Å²) in [6, 6.07) is 0. The molecule has 0 bridgehead atoms. The predicted octanol–water partition coefficient (Wildman–Crippen LogP) is 8.16. The fourth-order valence-electron chi connectivity index (χ4n) is 3.60. The van der Waals surface area contributed by atoms with Crippen molar-refractivity contribution >= 4 is 11.9 Å². The van der Waals surface area contributed by atoms with Gasteiger partial charge in [-0.25, -0.2) is 0 Å². The van der Waals surface area contributed by atoms with E-state index in [0.29, 0.717) is 13.2 Å². The lowest BCUT2D eigenvalue weighted by atomic mass is 9.94. The fourth-order valence-corrected chi connectivity index (χ4v) is 3.60. The van der Waals surface area contributed by atoms with Crippen LogP contribution in [0, 0.1) is 5.41 Å². The van der Waals surface area contributed by atoms with Gasteiger partial charge >= 0.3 is 11.9 Å². The van der Waals surface area contributed by atoms with Gasteiger partial charge in [-0.1, -0.05) is 117 Å². The molecule has 0 heterocycles. The predicted molar refractivity (Wildman–Crippen MR) is 130 cm³/mol. The van der Waals surface area contributed by atoms with Gasteiger partial charge in [0.1, 0.15) is 0 Å². The van der Waals surface area contributed by atoms with E-state index in [1.807, 2.05) is 0 Å². The maximum absolute atomic E-state index is 12.3. The van der Waals surface area contributed by atoms with E-state index < -0.39 is 17.4 Å². The normalized spacial score (nSPS) is 11.5. The number of hydrogen-bond donors (Lipinski definition) is 0.